The first kappa shape index (κ1) is 33.9. The summed E-state index contributed by atoms with van der Waals surface area (Å²) in [6, 6.07) is 2.62. The van der Waals surface area contributed by atoms with E-state index in [1.807, 2.05) is 9.80 Å². The average Bonchev–Trinajstić information content (AvgIpc) is 3.00. The topological polar surface area (TPSA) is 141 Å². The Morgan fingerprint density at radius 3 is 2.46 bits per heavy atom. The van der Waals surface area contributed by atoms with E-state index in [0.29, 0.717) is 44.7 Å². The van der Waals surface area contributed by atoms with E-state index in [-0.39, 0.29) is 87.9 Å². The zero-order valence-corrected chi connectivity index (χ0v) is 28.6. The van der Waals surface area contributed by atoms with E-state index in [4.69, 9.17) is 0 Å². The van der Waals surface area contributed by atoms with Crippen LogP contribution in [-0.4, -0.2) is 80.5 Å². The summed E-state index contributed by atoms with van der Waals surface area (Å²) >= 11 is 1.40. The van der Waals surface area contributed by atoms with Crippen molar-refractivity contribution in [3.63, 3.8) is 0 Å². The maximum absolute atomic E-state index is 15.3. The fourth-order valence-electron chi connectivity index (χ4n) is 5.71. The van der Waals surface area contributed by atoms with Crippen molar-refractivity contribution in [2.24, 2.45) is 4.99 Å². The van der Waals surface area contributed by atoms with Gasteiger partial charge >= 0.3 is 59.1 Å². The van der Waals surface area contributed by atoms with E-state index in [1.54, 1.807) is 31.4 Å². The van der Waals surface area contributed by atoms with Crippen molar-refractivity contribution in [2.45, 2.75) is 55.9 Å². The molecule has 1 aromatic heterocycles. The molecule has 0 N–H and O–H groups in total. The number of halogens is 1. The number of pyridine rings is 1. The number of rotatable bonds is 6. The van der Waals surface area contributed by atoms with Gasteiger partial charge in [0.15, 0.2) is 11.1 Å². The summed E-state index contributed by atoms with van der Waals surface area (Å²) in [4.78, 5) is 58.1. The summed E-state index contributed by atoms with van der Waals surface area (Å²) in [6.07, 6.45) is 3.55. The second-order valence-corrected chi connectivity index (χ2v) is 12.2. The minimum Gasteiger partial charge on any atom is -0.545 e. The Hall–Kier alpha value is -1.61. The summed E-state index contributed by atoms with van der Waals surface area (Å²) in [5, 5.41) is 23.5. The van der Waals surface area contributed by atoms with Crippen molar-refractivity contribution >= 4 is 52.5 Å². The predicted octanol–water partition coefficient (Wildman–Crippen LogP) is -6.40. The summed E-state index contributed by atoms with van der Waals surface area (Å²) in [7, 11) is 0. The van der Waals surface area contributed by atoms with Crippen LogP contribution in [0, 0.1) is 5.82 Å². The molecule has 2 aromatic rings. The van der Waals surface area contributed by atoms with Crippen LogP contribution in [0.5, 0.6) is 0 Å². The number of aryl methyl sites for hydroxylation is 1. The van der Waals surface area contributed by atoms with E-state index >= 15 is 4.39 Å². The number of benzene rings is 1. The van der Waals surface area contributed by atoms with Crippen LogP contribution in [0.1, 0.15) is 44.0 Å². The molecule has 0 aliphatic carbocycles. The Bertz CT molecular complexity index is 1490. The number of hydrogen-bond acceptors (Lipinski definition) is 9. The molecule has 15 heteroatoms. The number of carbonyl (C=O) groups excluding carboxylic acids is 3. The number of carbonyl (C=O) groups is 3. The van der Waals surface area contributed by atoms with Crippen LogP contribution in [0.25, 0.3) is 10.9 Å². The molecule has 208 valence electrons. The molecule has 3 saturated heterocycles. The molecular formula is C26H28FN5Na2O6S. The zero-order chi connectivity index (χ0) is 28.3. The minimum absolute atomic E-state index is 0. The molecule has 0 saturated carbocycles. The fraction of sp³-hybridized carbons (Fsp3) is 0.500. The van der Waals surface area contributed by atoms with Crippen LogP contribution < -0.4 is 79.7 Å². The van der Waals surface area contributed by atoms with Crippen molar-refractivity contribution in [3.8, 4) is 0 Å². The number of thioether (sulfide) groups is 1. The Morgan fingerprint density at radius 2 is 1.85 bits per heavy atom. The molecule has 11 nitrogen and oxygen atoms in total. The Morgan fingerprint density at radius 1 is 1.15 bits per heavy atom. The van der Waals surface area contributed by atoms with Crippen molar-refractivity contribution in [1.82, 2.24) is 14.4 Å². The third-order valence-corrected chi connectivity index (χ3v) is 9.32. The van der Waals surface area contributed by atoms with E-state index in [2.05, 4.69) is 4.99 Å². The first-order valence-electron chi connectivity index (χ1n) is 12.7. The SMILES string of the molecule is CCn1cc(C(=O)[O-])c(=O)c2cc(F)c(N3CCCN(C=N[C@]4(C(=O)[O-])N5C(=O)C[C@@H]5SC4(C)C)CC3)cc21.[Na+].[Na+]. The molecular weight excluding hydrogens is 575 g/mol. The molecule has 0 unspecified atom stereocenters. The van der Waals surface area contributed by atoms with Crippen LogP contribution in [0.3, 0.4) is 0 Å². The predicted molar refractivity (Wildman–Crippen MR) is 140 cm³/mol. The van der Waals surface area contributed by atoms with Gasteiger partial charge in [-0.3, -0.25) is 14.5 Å². The van der Waals surface area contributed by atoms with Gasteiger partial charge in [0, 0.05) is 44.3 Å². The van der Waals surface area contributed by atoms with Crippen LogP contribution in [0.2, 0.25) is 0 Å². The number of aliphatic carboxylic acids is 1. The summed E-state index contributed by atoms with van der Waals surface area (Å²) in [5.41, 5.74) is -2.45. The second kappa shape index (κ2) is 12.6. The quantitative estimate of drug-likeness (QED) is 0.136. The number of nitrogens with zero attached hydrogens (tertiary/aromatic N) is 5. The van der Waals surface area contributed by atoms with Crippen molar-refractivity contribution in [2.75, 3.05) is 31.1 Å². The number of amides is 1. The van der Waals surface area contributed by atoms with E-state index in [0.717, 1.165) is 6.07 Å². The number of hydrogen-bond donors (Lipinski definition) is 0. The molecule has 5 rings (SSSR count). The minimum atomic E-state index is -1.82. The third kappa shape index (κ3) is 5.59. The number of aromatic nitrogens is 1. The van der Waals surface area contributed by atoms with Gasteiger partial charge in [-0.2, -0.15) is 0 Å². The van der Waals surface area contributed by atoms with Crippen molar-refractivity contribution in [1.29, 1.82) is 0 Å². The van der Waals surface area contributed by atoms with Gasteiger partial charge in [0.25, 0.3) is 0 Å². The van der Waals surface area contributed by atoms with E-state index in [9.17, 15) is 29.4 Å². The van der Waals surface area contributed by atoms with Gasteiger partial charge in [-0.05, 0) is 39.3 Å². The van der Waals surface area contributed by atoms with Gasteiger partial charge in [0.05, 0.1) is 51.6 Å². The molecule has 4 heterocycles. The first-order valence-corrected chi connectivity index (χ1v) is 13.6. The van der Waals surface area contributed by atoms with Crippen LogP contribution in [0.4, 0.5) is 10.1 Å². The van der Waals surface area contributed by atoms with E-state index in [1.165, 1.54) is 29.2 Å². The summed E-state index contributed by atoms with van der Waals surface area (Å²) in [6.45, 7) is 7.43. The third-order valence-electron chi connectivity index (χ3n) is 7.80. The molecule has 1 amide bonds. The second-order valence-electron chi connectivity index (χ2n) is 10.4. The van der Waals surface area contributed by atoms with E-state index < -0.39 is 39.2 Å². The van der Waals surface area contributed by atoms with Crippen molar-refractivity contribution in [3.05, 3.63) is 39.9 Å². The molecule has 41 heavy (non-hydrogen) atoms. The van der Waals surface area contributed by atoms with Crippen molar-refractivity contribution < 1.29 is 88.1 Å². The Balaban J connectivity index is 0.00000231. The molecule has 0 bridgehead atoms. The Kier molecular flexibility index (Phi) is 10.4. The number of aliphatic imine (C=N–C) groups is 1. The molecule has 0 spiro atoms. The molecule has 0 radical (unpaired) electrons. The zero-order valence-electron chi connectivity index (χ0n) is 23.8. The van der Waals surface area contributed by atoms with Crippen LogP contribution in [0.15, 0.2) is 28.1 Å². The maximum atomic E-state index is 15.3. The number of aromatic carboxylic acids is 1. The number of carboxylic acid groups (broad SMARTS) is 2. The number of fused-ring (bicyclic) bond motifs is 2. The normalized spacial score (nSPS) is 23.5. The number of β-lactam (4-membered cyclic amide) rings is 1. The number of anilines is 1. The number of carboxylic acids is 2. The first-order chi connectivity index (χ1) is 18.4. The van der Waals surface area contributed by atoms with Gasteiger partial charge in [0.2, 0.25) is 5.91 Å². The molecule has 3 aliphatic rings. The molecule has 3 aliphatic heterocycles. The molecule has 2 atom stereocenters. The van der Waals surface area contributed by atoms with Gasteiger partial charge < -0.3 is 34.2 Å². The largest absolute Gasteiger partial charge is 1.00 e. The Labute approximate surface area is 284 Å². The summed E-state index contributed by atoms with van der Waals surface area (Å²) in [5.74, 6) is -3.96. The van der Waals surface area contributed by atoms with Gasteiger partial charge in [-0.1, -0.05) is 0 Å². The van der Waals surface area contributed by atoms with Crippen LogP contribution >= 0.6 is 11.8 Å². The molecule has 3 fully saturated rings. The fourth-order valence-corrected chi connectivity index (χ4v) is 7.39. The maximum Gasteiger partial charge on any atom is 1.00 e. The average molecular weight is 604 g/mol. The van der Waals surface area contributed by atoms with Gasteiger partial charge in [0.1, 0.15) is 5.82 Å². The smallest absolute Gasteiger partial charge is 0.545 e. The monoisotopic (exact) mass is 603 g/mol. The molecule has 1 aromatic carbocycles. The summed E-state index contributed by atoms with van der Waals surface area (Å²) < 4.78 is 16.0. The standard InChI is InChI=1S/C26H30FN5O6S.2Na/c1-4-30-13-16(23(35)36)22(34)15-10-17(27)19(11-18(15)30)31-7-5-6-29(8-9-31)14-28-26(24(37)38)25(2,3)39-21-12-20(33)32(21)26;;/h10-11,13-14,21H,4-9,12H2,1-3H3,(H,35,36)(H,37,38);;/q;2*+1/p-2/t21-,26+;;/m0../s1. The van der Waals surface area contributed by atoms with Gasteiger partial charge in [-0.25, -0.2) is 9.38 Å². The van der Waals surface area contributed by atoms with Gasteiger partial charge in [-0.15, -0.1) is 11.8 Å². The van der Waals surface area contributed by atoms with Crippen LogP contribution in [-0.2, 0) is 16.1 Å².